The number of amides is 2. The smallest absolute Gasteiger partial charge is 0.224 e. The van der Waals surface area contributed by atoms with Gasteiger partial charge in [-0.3, -0.25) is 9.59 Å². The zero-order chi connectivity index (χ0) is 23.2. The number of anilines is 1. The Morgan fingerprint density at radius 1 is 0.938 bits per heavy atom. The zero-order valence-electron chi connectivity index (χ0n) is 19.6. The minimum atomic E-state index is -0.0928. The van der Waals surface area contributed by atoms with Crippen molar-refractivity contribution in [1.29, 1.82) is 0 Å². The second-order valence-electron chi connectivity index (χ2n) is 8.09. The number of benzene rings is 2. The van der Waals surface area contributed by atoms with Gasteiger partial charge in [0.2, 0.25) is 11.8 Å². The summed E-state index contributed by atoms with van der Waals surface area (Å²) in [5.41, 5.74) is 1.82. The van der Waals surface area contributed by atoms with E-state index in [2.05, 4.69) is 29.4 Å². The van der Waals surface area contributed by atoms with Crippen molar-refractivity contribution in [3.8, 4) is 5.75 Å². The van der Waals surface area contributed by atoms with Crippen molar-refractivity contribution in [1.82, 2.24) is 10.2 Å². The first kappa shape index (κ1) is 25.4. The summed E-state index contributed by atoms with van der Waals surface area (Å²) in [6, 6.07) is 17.3. The lowest BCUT2D eigenvalue weighted by molar-refractivity contribution is -0.122. The maximum Gasteiger partial charge on any atom is 0.224 e. The molecule has 1 atom stereocenters. The topological polar surface area (TPSA) is 70.7 Å². The monoisotopic (exact) mass is 439 g/mol. The molecule has 0 aliphatic rings. The maximum absolute atomic E-state index is 12.3. The van der Waals surface area contributed by atoms with E-state index in [0.29, 0.717) is 26.0 Å². The van der Waals surface area contributed by atoms with Crippen molar-refractivity contribution in [2.45, 2.75) is 46.6 Å². The Morgan fingerprint density at radius 3 is 2.25 bits per heavy atom. The van der Waals surface area contributed by atoms with E-state index in [1.165, 1.54) is 0 Å². The molecule has 6 nitrogen and oxygen atoms in total. The second-order valence-corrected chi connectivity index (χ2v) is 8.09. The van der Waals surface area contributed by atoms with Gasteiger partial charge in [0.15, 0.2) is 0 Å². The maximum atomic E-state index is 12.3. The Bertz CT molecular complexity index is 805. The summed E-state index contributed by atoms with van der Waals surface area (Å²) in [7, 11) is 0. The number of hydrogen-bond acceptors (Lipinski definition) is 4. The van der Waals surface area contributed by atoms with Crippen LogP contribution < -0.4 is 15.4 Å². The van der Waals surface area contributed by atoms with E-state index in [9.17, 15) is 9.59 Å². The van der Waals surface area contributed by atoms with Crippen LogP contribution in [-0.2, 0) is 16.2 Å². The van der Waals surface area contributed by atoms with E-state index < -0.39 is 0 Å². The van der Waals surface area contributed by atoms with Gasteiger partial charge in [0.1, 0.15) is 12.4 Å². The number of carbonyl (C=O) groups is 2. The van der Waals surface area contributed by atoms with E-state index in [1.54, 1.807) is 0 Å². The van der Waals surface area contributed by atoms with Crippen molar-refractivity contribution in [3.05, 3.63) is 60.2 Å². The van der Waals surface area contributed by atoms with Gasteiger partial charge in [-0.25, -0.2) is 0 Å². The van der Waals surface area contributed by atoms with E-state index in [4.69, 9.17) is 4.74 Å². The summed E-state index contributed by atoms with van der Waals surface area (Å²) in [6.07, 6.45) is 1.59. The van der Waals surface area contributed by atoms with Crippen LogP contribution in [0.5, 0.6) is 5.75 Å². The van der Waals surface area contributed by atoms with Crippen molar-refractivity contribution in [2.75, 3.05) is 31.5 Å². The van der Waals surface area contributed by atoms with Gasteiger partial charge in [-0.15, -0.1) is 0 Å². The van der Waals surface area contributed by atoms with Crippen LogP contribution in [-0.4, -0.2) is 42.9 Å². The van der Waals surface area contributed by atoms with E-state index in [0.717, 1.165) is 43.1 Å². The molecule has 174 valence electrons. The highest BCUT2D eigenvalue weighted by atomic mass is 16.5. The molecule has 0 aromatic heterocycles. The number of hydrogen-bond donors (Lipinski definition) is 2. The van der Waals surface area contributed by atoms with Gasteiger partial charge < -0.3 is 20.3 Å². The van der Waals surface area contributed by atoms with Gasteiger partial charge in [-0.1, -0.05) is 51.1 Å². The molecule has 0 aliphatic carbocycles. The molecule has 0 unspecified atom stereocenters. The zero-order valence-corrected chi connectivity index (χ0v) is 19.6. The van der Waals surface area contributed by atoms with Gasteiger partial charge in [0.05, 0.1) is 0 Å². The Kier molecular flexibility index (Phi) is 11.3. The second kappa shape index (κ2) is 14.2. The molecular weight excluding hydrogens is 402 g/mol. The van der Waals surface area contributed by atoms with E-state index >= 15 is 0 Å². The number of ether oxygens (including phenoxy) is 1. The number of rotatable bonds is 14. The fraction of sp³-hybridized carbons (Fsp3) is 0.462. The van der Waals surface area contributed by atoms with Crippen LogP contribution in [0, 0.1) is 5.92 Å². The summed E-state index contributed by atoms with van der Waals surface area (Å²) in [4.78, 5) is 26.8. The lowest BCUT2D eigenvalue weighted by Crippen LogP contribution is -2.31. The number of carbonyl (C=O) groups excluding carboxylic acids is 2. The van der Waals surface area contributed by atoms with Crippen molar-refractivity contribution < 1.29 is 14.3 Å². The minimum Gasteiger partial charge on any atom is -0.489 e. The van der Waals surface area contributed by atoms with Crippen LogP contribution >= 0.6 is 0 Å². The third-order valence-corrected chi connectivity index (χ3v) is 5.32. The lowest BCUT2D eigenvalue weighted by Gasteiger charge is -2.18. The van der Waals surface area contributed by atoms with Crippen LogP contribution in [0.3, 0.4) is 0 Å². The molecule has 2 rings (SSSR count). The fourth-order valence-electron chi connectivity index (χ4n) is 3.44. The van der Waals surface area contributed by atoms with Gasteiger partial charge in [0, 0.05) is 25.1 Å². The van der Waals surface area contributed by atoms with E-state index in [-0.39, 0.29) is 17.7 Å². The molecule has 0 saturated carbocycles. The third-order valence-electron chi connectivity index (χ3n) is 5.32. The Morgan fingerprint density at radius 2 is 1.59 bits per heavy atom. The molecule has 0 radical (unpaired) electrons. The average Bonchev–Trinajstić information content (AvgIpc) is 2.79. The number of nitrogens with one attached hydrogen (secondary N) is 2. The Labute approximate surface area is 192 Å². The van der Waals surface area contributed by atoms with Crippen molar-refractivity contribution in [2.24, 2.45) is 5.92 Å². The normalized spacial score (nSPS) is 11.8. The summed E-state index contributed by atoms with van der Waals surface area (Å²) >= 11 is 0. The molecule has 0 heterocycles. The summed E-state index contributed by atoms with van der Waals surface area (Å²) < 4.78 is 5.77. The third kappa shape index (κ3) is 9.96. The first-order valence-electron chi connectivity index (χ1n) is 11.6. The van der Waals surface area contributed by atoms with E-state index in [1.807, 2.05) is 61.5 Å². The van der Waals surface area contributed by atoms with Gasteiger partial charge in [0.25, 0.3) is 0 Å². The van der Waals surface area contributed by atoms with Crippen LogP contribution in [0.1, 0.15) is 45.6 Å². The molecular formula is C26H37N3O3. The van der Waals surface area contributed by atoms with Crippen molar-refractivity contribution in [3.63, 3.8) is 0 Å². The highest BCUT2D eigenvalue weighted by molar-refractivity contribution is 5.91. The molecule has 0 fully saturated rings. The largest absolute Gasteiger partial charge is 0.489 e. The first-order chi connectivity index (χ1) is 15.5. The molecule has 6 heteroatoms. The average molecular weight is 440 g/mol. The van der Waals surface area contributed by atoms with Crippen LogP contribution in [0.4, 0.5) is 5.69 Å². The number of nitrogens with zero attached hydrogens (tertiary/aromatic N) is 1. The first-order valence-corrected chi connectivity index (χ1v) is 11.6. The van der Waals surface area contributed by atoms with Gasteiger partial charge in [-0.05, 0) is 61.8 Å². The summed E-state index contributed by atoms with van der Waals surface area (Å²) in [5, 5.41) is 5.85. The molecule has 0 aliphatic heterocycles. The van der Waals surface area contributed by atoms with Gasteiger partial charge in [-0.2, -0.15) is 0 Å². The molecule has 0 bridgehead atoms. The predicted octanol–water partition coefficient (Wildman–Crippen LogP) is 4.47. The molecule has 0 spiro atoms. The Hall–Kier alpha value is -2.86. The van der Waals surface area contributed by atoms with Crippen LogP contribution in [0.15, 0.2) is 54.6 Å². The highest BCUT2D eigenvalue weighted by Gasteiger charge is 2.13. The van der Waals surface area contributed by atoms with Crippen molar-refractivity contribution >= 4 is 17.5 Å². The quantitative estimate of drug-likeness (QED) is 0.426. The minimum absolute atomic E-state index is 0.00441. The SMILES string of the molecule is CCN(CC)CCCNC(=O)C[C@@H](C)CC(=O)Nc1ccc(OCc2ccccc2)cc1. The van der Waals surface area contributed by atoms with Crippen LogP contribution in [0.2, 0.25) is 0 Å². The molecule has 0 saturated heterocycles. The fourth-order valence-corrected chi connectivity index (χ4v) is 3.44. The lowest BCUT2D eigenvalue weighted by atomic mass is 10.0. The molecule has 2 aromatic rings. The van der Waals surface area contributed by atoms with Crippen LogP contribution in [0.25, 0.3) is 0 Å². The summed E-state index contributed by atoms with van der Waals surface area (Å²) in [6.45, 7) is 10.4. The Balaban J connectivity index is 1.65. The van der Waals surface area contributed by atoms with Gasteiger partial charge >= 0.3 is 0 Å². The standard InChI is InChI=1S/C26H37N3O3/c1-4-29(5-2)17-9-16-27-25(30)18-21(3)19-26(31)28-23-12-14-24(15-13-23)32-20-22-10-7-6-8-11-22/h6-8,10-15,21H,4-5,9,16-20H2,1-3H3,(H,27,30)(H,28,31)/t21-/m1/s1. The molecule has 32 heavy (non-hydrogen) atoms. The molecule has 2 aromatic carbocycles. The summed E-state index contributed by atoms with van der Waals surface area (Å²) in [5.74, 6) is 0.638. The molecule has 2 N–H and O–H groups in total. The highest BCUT2D eigenvalue weighted by Crippen LogP contribution is 2.18. The molecule has 2 amide bonds. The predicted molar refractivity (Wildman–Crippen MR) is 130 cm³/mol.